The SMILES string of the molecule is COc1ccc(N)c(F)c1-n1ncc2c1CCN(C(C)=O)C2. The average Bonchev–Trinajstić information content (AvgIpc) is 2.92. The number of rotatable bonds is 2. The van der Waals surface area contributed by atoms with Gasteiger partial charge in [-0.15, -0.1) is 0 Å². The molecule has 3 rings (SSSR count). The zero-order valence-corrected chi connectivity index (χ0v) is 12.5. The fraction of sp³-hybridized carbons (Fsp3) is 0.333. The number of anilines is 1. The van der Waals surface area contributed by atoms with Crippen LogP contribution in [0.3, 0.4) is 0 Å². The van der Waals surface area contributed by atoms with Gasteiger partial charge in [-0.1, -0.05) is 0 Å². The van der Waals surface area contributed by atoms with Gasteiger partial charge in [0.25, 0.3) is 0 Å². The normalized spacial score (nSPS) is 13.9. The monoisotopic (exact) mass is 304 g/mol. The van der Waals surface area contributed by atoms with Crippen LogP contribution in [0.25, 0.3) is 5.69 Å². The molecule has 2 aromatic rings. The van der Waals surface area contributed by atoms with Crippen molar-refractivity contribution in [2.75, 3.05) is 19.4 Å². The van der Waals surface area contributed by atoms with Crippen LogP contribution in [0.1, 0.15) is 18.2 Å². The van der Waals surface area contributed by atoms with Crippen molar-refractivity contribution in [2.24, 2.45) is 0 Å². The Kier molecular flexibility index (Phi) is 3.48. The lowest BCUT2D eigenvalue weighted by Gasteiger charge is -2.26. The molecule has 6 nitrogen and oxygen atoms in total. The Hall–Kier alpha value is -2.57. The molecule has 7 heteroatoms. The van der Waals surface area contributed by atoms with E-state index >= 15 is 0 Å². The maximum atomic E-state index is 14.5. The molecule has 1 aromatic heterocycles. The van der Waals surface area contributed by atoms with Crippen molar-refractivity contribution >= 4 is 11.6 Å². The Bertz CT molecular complexity index is 741. The molecule has 0 radical (unpaired) electrons. The largest absolute Gasteiger partial charge is 0.494 e. The summed E-state index contributed by atoms with van der Waals surface area (Å²) in [5.74, 6) is -0.169. The molecule has 22 heavy (non-hydrogen) atoms. The molecule has 0 saturated carbocycles. The number of carbonyl (C=O) groups excluding carboxylic acids is 1. The summed E-state index contributed by atoms with van der Waals surface area (Å²) in [7, 11) is 1.47. The molecule has 1 aliphatic heterocycles. The van der Waals surface area contributed by atoms with Crippen molar-refractivity contribution in [2.45, 2.75) is 19.9 Å². The summed E-state index contributed by atoms with van der Waals surface area (Å²) in [6.45, 7) is 2.60. The van der Waals surface area contributed by atoms with Crippen LogP contribution >= 0.6 is 0 Å². The number of amides is 1. The highest BCUT2D eigenvalue weighted by Gasteiger charge is 2.25. The Morgan fingerprint density at radius 1 is 1.45 bits per heavy atom. The quantitative estimate of drug-likeness (QED) is 0.854. The van der Waals surface area contributed by atoms with E-state index in [9.17, 15) is 9.18 Å². The van der Waals surface area contributed by atoms with Crippen molar-refractivity contribution in [3.05, 3.63) is 35.4 Å². The van der Waals surface area contributed by atoms with Gasteiger partial charge in [-0.3, -0.25) is 4.79 Å². The van der Waals surface area contributed by atoms with E-state index in [1.165, 1.54) is 24.8 Å². The highest BCUT2D eigenvalue weighted by molar-refractivity contribution is 5.73. The number of nitrogen functional groups attached to an aromatic ring is 1. The molecule has 116 valence electrons. The highest BCUT2D eigenvalue weighted by Crippen LogP contribution is 2.32. The van der Waals surface area contributed by atoms with E-state index in [0.717, 1.165) is 11.3 Å². The van der Waals surface area contributed by atoms with Crippen LogP contribution in [0, 0.1) is 5.82 Å². The van der Waals surface area contributed by atoms with Crippen LogP contribution in [-0.4, -0.2) is 34.2 Å². The Morgan fingerprint density at radius 2 is 2.23 bits per heavy atom. The molecule has 2 heterocycles. The fourth-order valence-corrected chi connectivity index (χ4v) is 2.72. The third-order valence-corrected chi connectivity index (χ3v) is 3.92. The van der Waals surface area contributed by atoms with Gasteiger partial charge in [-0.05, 0) is 12.1 Å². The van der Waals surface area contributed by atoms with Crippen LogP contribution in [0.5, 0.6) is 5.75 Å². The van der Waals surface area contributed by atoms with Crippen molar-refractivity contribution in [3.63, 3.8) is 0 Å². The second-order valence-electron chi connectivity index (χ2n) is 5.24. The summed E-state index contributed by atoms with van der Waals surface area (Å²) in [6, 6.07) is 3.08. The summed E-state index contributed by atoms with van der Waals surface area (Å²) >= 11 is 0. The number of ether oxygens (including phenoxy) is 1. The van der Waals surface area contributed by atoms with Gasteiger partial charge in [-0.25, -0.2) is 9.07 Å². The number of hydrogen-bond acceptors (Lipinski definition) is 4. The van der Waals surface area contributed by atoms with Crippen molar-refractivity contribution in [3.8, 4) is 11.4 Å². The van der Waals surface area contributed by atoms with Gasteiger partial charge in [0.05, 0.1) is 24.7 Å². The lowest BCUT2D eigenvalue weighted by atomic mass is 10.1. The lowest BCUT2D eigenvalue weighted by molar-refractivity contribution is -0.129. The molecule has 0 unspecified atom stereocenters. The van der Waals surface area contributed by atoms with Crippen LogP contribution in [0.2, 0.25) is 0 Å². The third-order valence-electron chi connectivity index (χ3n) is 3.92. The fourth-order valence-electron chi connectivity index (χ4n) is 2.72. The first-order chi connectivity index (χ1) is 10.5. The minimum Gasteiger partial charge on any atom is -0.494 e. The van der Waals surface area contributed by atoms with Gasteiger partial charge in [0.15, 0.2) is 5.82 Å². The number of methoxy groups -OCH3 is 1. The number of nitrogens with zero attached hydrogens (tertiary/aromatic N) is 3. The second kappa shape index (κ2) is 5.32. The number of aromatic nitrogens is 2. The molecule has 1 amide bonds. The number of hydrogen-bond donors (Lipinski definition) is 1. The number of carbonyl (C=O) groups is 1. The molecule has 0 fully saturated rings. The standard InChI is InChI=1S/C15H17FN4O2/c1-9(21)19-6-5-12-10(8-19)7-18-20(12)15-13(22-2)4-3-11(17)14(15)16/h3-4,7H,5-6,8,17H2,1-2H3. The van der Waals surface area contributed by atoms with Gasteiger partial charge in [-0.2, -0.15) is 5.10 Å². The second-order valence-corrected chi connectivity index (χ2v) is 5.24. The molecule has 0 saturated heterocycles. The van der Waals surface area contributed by atoms with E-state index in [4.69, 9.17) is 10.5 Å². The van der Waals surface area contributed by atoms with Gasteiger partial charge in [0.2, 0.25) is 5.91 Å². The van der Waals surface area contributed by atoms with E-state index in [1.807, 2.05) is 0 Å². The van der Waals surface area contributed by atoms with Crippen molar-refractivity contribution in [1.82, 2.24) is 14.7 Å². The first kappa shape index (κ1) is 14.4. The Balaban J connectivity index is 2.09. The first-order valence-electron chi connectivity index (χ1n) is 6.96. The maximum absolute atomic E-state index is 14.5. The molecule has 2 N–H and O–H groups in total. The molecular weight excluding hydrogens is 287 g/mol. The molecule has 0 spiro atoms. The minimum absolute atomic E-state index is 0.0196. The number of fused-ring (bicyclic) bond motifs is 1. The number of halogens is 1. The predicted molar refractivity (Wildman–Crippen MR) is 79.3 cm³/mol. The highest BCUT2D eigenvalue weighted by atomic mass is 19.1. The van der Waals surface area contributed by atoms with Crippen LogP contribution in [-0.2, 0) is 17.8 Å². The van der Waals surface area contributed by atoms with E-state index in [1.54, 1.807) is 17.2 Å². The zero-order valence-electron chi connectivity index (χ0n) is 12.5. The number of benzene rings is 1. The van der Waals surface area contributed by atoms with Crippen LogP contribution in [0.15, 0.2) is 18.3 Å². The first-order valence-corrected chi connectivity index (χ1v) is 6.96. The van der Waals surface area contributed by atoms with Gasteiger partial charge in [0, 0.05) is 32.0 Å². The summed E-state index contributed by atoms with van der Waals surface area (Å²) in [4.78, 5) is 13.2. The molecule has 1 aliphatic rings. The summed E-state index contributed by atoms with van der Waals surface area (Å²) in [5.41, 5.74) is 7.70. The third kappa shape index (κ3) is 2.18. The molecule has 0 aliphatic carbocycles. The molecule has 1 aromatic carbocycles. The van der Waals surface area contributed by atoms with Gasteiger partial charge >= 0.3 is 0 Å². The van der Waals surface area contributed by atoms with Gasteiger partial charge in [0.1, 0.15) is 11.4 Å². The van der Waals surface area contributed by atoms with Crippen LogP contribution < -0.4 is 10.5 Å². The van der Waals surface area contributed by atoms with Crippen LogP contribution in [0.4, 0.5) is 10.1 Å². The van der Waals surface area contributed by atoms with E-state index in [-0.39, 0.29) is 17.3 Å². The minimum atomic E-state index is -0.556. The van der Waals surface area contributed by atoms with E-state index < -0.39 is 5.82 Å². The number of nitrogens with two attached hydrogens (primary N) is 1. The maximum Gasteiger partial charge on any atom is 0.219 e. The zero-order chi connectivity index (χ0) is 15.9. The molecular formula is C15H17FN4O2. The molecule has 0 bridgehead atoms. The summed E-state index contributed by atoms with van der Waals surface area (Å²) in [6.07, 6.45) is 2.26. The van der Waals surface area contributed by atoms with Gasteiger partial charge < -0.3 is 15.4 Å². The smallest absolute Gasteiger partial charge is 0.219 e. The van der Waals surface area contributed by atoms with E-state index in [2.05, 4.69) is 5.10 Å². The summed E-state index contributed by atoms with van der Waals surface area (Å²) < 4.78 is 21.2. The Morgan fingerprint density at radius 3 is 2.91 bits per heavy atom. The topological polar surface area (TPSA) is 73.4 Å². The lowest BCUT2D eigenvalue weighted by Crippen LogP contribution is -2.34. The van der Waals surface area contributed by atoms with Crippen molar-refractivity contribution in [1.29, 1.82) is 0 Å². The van der Waals surface area contributed by atoms with Crippen molar-refractivity contribution < 1.29 is 13.9 Å². The van der Waals surface area contributed by atoms with E-state index in [0.29, 0.717) is 25.3 Å². The average molecular weight is 304 g/mol. The summed E-state index contributed by atoms with van der Waals surface area (Å²) in [5, 5.41) is 4.28. The molecule has 0 atom stereocenters. The Labute approximate surface area is 127 Å². The predicted octanol–water partition coefficient (Wildman–Crippen LogP) is 1.51.